The minimum absolute atomic E-state index is 0.151. The monoisotopic (exact) mass is 406 g/mol. The van der Waals surface area contributed by atoms with Crippen molar-refractivity contribution in [2.24, 2.45) is 0 Å². The molecule has 1 aliphatic heterocycles. The third-order valence-electron chi connectivity index (χ3n) is 5.35. The molecule has 0 bridgehead atoms. The summed E-state index contributed by atoms with van der Waals surface area (Å²) in [5, 5.41) is 6.87. The van der Waals surface area contributed by atoms with E-state index in [0.29, 0.717) is 24.5 Å². The molecule has 3 heterocycles. The maximum Gasteiger partial charge on any atom is 0.251 e. The Labute approximate surface area is 176 Å². The highest BCUT2D eigenvalue weighted by Crippen LogP contribution is 2.19. The Morgan fingerprint density at radius 2 is 2.03 bits per heavy atom. The largest absolute Gasteiger partial charge is 0.489 e. The molecule has 3 aromatic rings. The van der Waals surface area contributed by atoms with Gasteiger partial charge in [-0.3, -0.25) is 4.79 Å². The summed E-state index contributed by atoms with van der Waals surface area (Å²) in [5.41, 5.74) is 3.26. The zero-order valence-electron chi connectivity index (χ0n) is 17.4. The van der Waals surface area contributed by atoms with Gasteiger partial charge in [0.25, 0.3) is 5.91 Å². The molecule has 2 aromatic heterocycles. The lowest BCUT2D eigenvalue weighted by Gasteiger charge is -2.16. The van der Waals surface area contributed by atoms with Gasteiger partial charge in [-0.15, -0.1) is 0 Å². The average molecular weight is 406 g/mol. The van der Waals surface area contributed by atoms with Crippen LogP contribution < -0.4 is 15.0 Å². The molecule has 7 nitrogen and oxygen atoms in total. The number of rotatable bonds is 7. The van der Waals surface area contributed by atoms with Gasteiger partial charge in [-0.05, 0) is 56.5 Å². The van der Waals surface area contributed by atoms with Crippen LogP contribution in [0, 0.1) is 13.8 Å². The molecule has 0 aliphatic carbocycles. The van der Waals surface area contributed by atoms with Crippen LogP contribution in [0.4, 0.5) is 5.82 Å². The van der Waals surface area contributed by atoms with E-state index in [9.17, 15) is 4.79 Å². The van der Waals surface area contributed by atoms with Crippen molar-refractivity contribution in [2.75, 3.05) is 18.0 Å². The number of pyridine rings is 1. The molecule has 0 radical (unpaired) electrons. The number of nitrogens with zero attached hydrogens (tertiary/aromatic N) is 3. The number of carbonyl (C=O) groups excluding carboxylic acids is 1. The summed E-state index contributed by atoms with van der Waals surface area (Å²) < 4.78 is 11.0. The van der Waals surface area contributed by atoms with Gasteiger partial charge in [0.1, 0.15) is 23.9 Å². The highest BCUT2D eigenvalue weighted by Gasteiger charge is 2.14. The second-order valence-electron chi connectivity index (χ2n) is 7.52. The van der Waals surface area contributed by atoms with Gasteiger partial charge >= 0.3 is 0 Å². The van der Waals surface area contributed by atoms with Gasteiger partial charge in [0.15, 0.2) is 0 Å². The molecule has 7 heteroatoms. The Morgan fingerprint density at radius 1 is 1.20 bits per heavy atom. The van der Waals surface area contributed by atoms with Crippen LogP contribution in [0.1, 0.15) is 45.8 Å². The Balaban J connectivity index is 1.32. The number of aromatic nitrogens is 2. The number of benzene rings is 1. The van der Waals surface area contributed by atoms with E-state index in [1.807, 2.05) is 44.3 Å². The van der Waals surface area contributed by atoms with Gasteiger partial charge in [0.05, 0.1) is 11.3 Å². The van der Waals surface area contributed by atoms with E-state index in [4.69, 9.17) is 9.26 Å². The van der Waals surface area contributed by atoms with E-state index in [0.717, 1.165) is 41.5 Å². The minimum atomic E-state index is -0.151. The van der Waals surface area contributed by atoms with E-state index < -0.39 is 0 Å². The van der Waals surface area contributed by atoms with Crippen LogP contribution >= 0.6 is 0 Å². The summed E-state index contributed by atoms with van der Waals surface area (Å²) in [6, 6.07) is 11.2. The average Bonchev–Trinajstić information content (AvgIpc) is 3.42. The third kappa shape index (κ3) is 4.62. The second kappa shape index (κ2) is 8.98. The molecular formula is C23H26N4O3. The van der Waals surface area contributed by atoms with Crippen LogP contribution in [0.15, 0.2) is 47.1 Å². The van der Waals surface area contributed by atoms with E-state index in [1.54, 1.807) is 12.1 Å². The first-order valence-corrected chi connectivity index (χ1v) is 10.2. The highest BCUT2D eigenvalue weighted by molar-refractivity contribution is 5.94. The van der Waals surface area contributed by atoms with Crippen molar-refractivity contribution in [1.29, 1.82) is 0 Å². The first-order valence-electron chi connectivity index (χ1n) is 10.2. The molecule has 0 saturated carbocycles. The molecule has 1 aromatic carbocycles. The molecule has 4 rings (SSSR count). The molecular weight excluding hydrogens is 380 g/mol. The zero-order valence-corrected chi connectivity index (χ0v) is 17.4. The van der Waals surface area contributed by atoms with Crippen molar-refractivity contribution in [3.05, 3.63) is 70.7 Å². The van der Waals surface area contributed by atoms with Gasteiger partial charge in [-0.1, -0.05) is 17.3 Å². The van der Waals surface area contributed by atoms with E-state index in [2.05, 4.69) is 20.4 Å². The topological polar surface area (TPSA) is 80.5 Å². The number of amides is 1. The van der Waals surface area contributed by atoms with Crippen LogP contribution in [-0.4, -0.2) is 29.1 Å². The highest BCUT2D eigenvalue weighted by atomic mass is 16.5. The van der Waals surface area contributed by atoms with E-state index in [1.165, 1.54) is 12.8 Å². The van der Waals surface area contributed by atoms with Crippen LogP contribution in [0.25, 0.3) is 0 Å². The summed E-state index contributed by atoms with van der Waals surface area (Å²) >= 11 is 0. The molecule has 30 heavy (non-hydrogen) atoms. The minimum Gasteiger partial charge on any atom is -0.489 e. The number of hydrogen-bond acceptors (Lipinski definition) is 6. The van der Waals surface area contributed by atoms with Gasteiger partial charge in [-0.25, -0.2) is 4.98 Å². The predicted molar refractivity (Wildman–Crippen MR) is 114 cm³/mol. The number of aryl methyl sites for hydroxylation is 2. The third-order valence-corrected chi connectivity index (χ3v) is 5.35. The van der Waals surface area contributed by atoms with Gasteiger partial charge in [0.2, 0.25) is 0 Å². The summed E-state index contributed by atoms with van der Waals surface area (Å²) in [6.45, 7) is 6.65. The number of nitrogens with one attached hydrogen (secondary N) is 1. The molecule has 0 unspecified atom stereocenters. The molecule has 0 atom stereocenters. The Bertz CT molecular complexity index is 988. The molecule has 1 saturated heterocycles. The summed E-state index contributed by atoms with van der Waals surface area (Å²) in [6.07, 6.45) is 4.28. The van der Waals surface area contributed by atoms with Crippen LogP contribution in [-0.2, 0) is 13.2 Å². The molecule has 1 aliphatic rings. The van der Waals surface area contributed by atoms with Crippen molar-refractivity contribution in [2.45, 2.75) is 39.8 Å². The molecule has 1 amide bonds. The van der Waals surface area contributed by atoms with Gasteiger partial charge in [0, 0.05) is 31.4 Å². The fraction of sp³-hybridized carbons (Fsp3) is 0.348. The maximum atomic E-state index is 12.6. The van der Waals surface area contributed by atoms with E-state index in [-0.39, 0.29) is 5.91 Å². The first-order chi connectivity index (χ1) is 14.6. The predicted octanol–water partition coefficient (Wildman–Crippen LogP) is 3.80. The van der Waals surface area contributed by atoms with Crippen molar-refractivity contribution in [3.63, 3.8) is 0 Å². The summed E-state index contributed by atoms with van der Waals surface area (Å²) in [5.74, 6) is 2.22. The van der Waals surface area contributed by atoms with Crippen LogP contribution in [0.2, 0.25) is 0 Å². The lowest BCUT2D eigenvalue weighted by molar-refractivity contribution is 0.0950. The van der Waals surface area contributed by atoms with Crippen LogP contribution in [0.5, 0.6) is 5.75 Å². The normalized spacial score (nSPS) is 13.5. The smallest absolute Gasteiger partial charge is 0.251 e. The Morgan fingerprint density at radius 3 is 2.73 bits per heavy atom. The van der Waals surface area contributed by atoms with Crippen molar-refractivity contribution in [1.82, 2.24) is 15.5 Å². The molecule has 0 spiro atoms. The fourth-order valence-electron chi connectivity index (χ4n) is 3.53. The standard InChI is InChI=1S/C23H26N4O3/c1-16-21(17(2)30-26-16)15-29-20-7-5-6-19(12-20)23(28)25-14-18-8-9-22(24-13-18)27-10-3-4-11-27/h5-9,12-13H,3-4,10-11,14-15H2,1-2H3,(H,25,28). The van der Waals surface area contributed by atoms with Crippen molar-refractivity contribution < 1.29 is 14.1 Å². The Hall–Kier alpha value is -3.35. The maximum absolute atomic E-state index is 12.6. The summed E-state index contributed by atoms with van der Waals surface area (Å²) in [4.78, 5) is 19.4. The molecule has 1 fully saturated rings. The fourth-order valence-corrected chi connectivity index (χ4v) is 3.53. The quantitative estimate of drug-likeness (QED) is 0.643. The van der Waals surface area contributed by atoms with Gasteiger partial charge in [-0.2, -0.15) is 0 Å². The second-order valence-corrected chi connectivity index (χ2v) is 7.52. The molecule has 1 N–H and O–H groups in total. The lowest BCUT2D eigenvalue weighted by atomic mass is 10.2. The molecule has 156 valence electrons. The number of ether oxygens (including phenoxy) is 1. The number of anilines is 1. The SMILES string of the molecule is Cc1noc(C)c1COc1cccc(C(=O)NCc2ccc(N3CCCC3)nc2)c1. The zero-order chi connectivity index (χ0) is 20.9. The Kier molecular flexibility index (Phi) is 5.97. The van der Waals surface area contributed by atoms with E-state index >= 15 is 0 Å². The number of carbonyl (C=O) groups is 1. The van der Waals surface area contributed by atoms with Gasteiger partial charge < -0.3 is 19.5 Å². The number of hydrogen-bond donors (Lipinski definition) is 1. The lowest BCUT2D eigenvalue weighted by Crippen LogP contribution is -2.23. The van der Waals surface area contributed by atoms with Crippen molar-refractivity contribution in [3.8, 4) is 5.75 Å². The van der Waals surface area contributed by atoms with Crippen LogP contribution in [0.3, 0.4) is 0 Å². The summed E-state index contributed by atoms with van der Waals surface area (Å²) in [7, 11) is 0. The first kappa shape index (κ1) is 19.9. The van der Waals surface area contributed by atoms with Crippen molar-refractivity contribution >= 4 is 11.7 Å².